The van der Waals surface area contributed by atoms with E-state index >= 15 is 0 Å². The maximum Gasteiger partial charge on any atom is 0.107 e. The van der Waals surface area contributed by atoms with E-state index in [4.69, 9.17) is 4.84 Å². The molecule has 0 fully saturated rings. The molecule has 1 atom stereocenters. The summed E-state index contributed by atoms with van der Waals surface area (Å²) >= 11 is 1.74. The molecule has 24 heavy (non-hydrogen) atoms. The van der Waals surface area contributed by atoms with Crippen LogP contribution in [0.15, 0.2) is 64.6 Å². The molecule has 1 unspecified atom stereocenters. The van der Waals surface area contributed by atoms with Crippen molar-refractivity contribution in [1.29, 1.82) is 0 Å². The molecule has 4 heteroatoms. The van der Waals surface area contributed by atoms with Gasteiger partial charge in [0.2, 0.25) is 0 Å². The molecule has 0 aliphatic rings. The number of hydrogen-bond acceptors (Lipinski definition) is 4. The molecule has 0 N–H and O–H groups in total. The van der Waals surface area contributed by atoms with Crippen molar-refractivity contribution < 1.29 is 4.84 Å². The third-order valence-electron chi connectivity index (χ3n) is 4.43. The van der Waals surface area contributed by atoms with Gasteiger partial charge in [0.1, 0.15) is 12.8 Å². The summed E-state index contributed by atoms with van der Waals surface area (Å²) in [6, 6.07) is 19.0. The van der Waals surface area contributed by atoms with Crippen LogP contribution in [0.5, 0.6) is 0 Å². The predicted molar refractivity (Wildman–Crippen MR) is 104 cm³/mol. The molecule has 0 aliphatic carbocycles. The van der Waals surface area contributed by atoms with E-state index in [1.165, 1.54) is 10.5 Å². The van der Waals surface area contributed by atoms with Crippen LogP contribution in [0.2, 0.25) is 0 Å². The van der Waals surface area contributed by atoms with E-state index in [2.05, 4.69) is 85.9 Å². The molecule has 0 saturated heterocycles. The number of thioether (sulfide) groups is 1. The summed E-state index contributed by atoms with van der Waals surface area (Å²) in [5.74, 6) is 0. The Kier molecular flexibility index (Phi) is 6.46. The lowest BCUT2D eigenvalue weighted by Gasteiger charge is -2.37. The van der Waals surface area contributed by atoms with Gasteiger partial charge in [0.15, 0.2) is 0 Å². The van der Waals surface area contributed by atoms with Crippen molar-refractivity contribution in [3.63, 3.8) is 0 Å². The fourth-order valence-corrected chi connectivity index (χ4v) is 3.16. The van der Waals surface area contributed by atoms with Crippen LogP contribution in [0.3, 0.4) is 0 Å². The normalized spacial score (nSPS) is 14.5. The van der Waals surface area contributed by atoms with Crippen LogP contribution in [-0.4, -0.2) is 43.6 Å². The number of rotatable bonds is 7. The highest BCUT2D eigenvalue weighted by Crippen LogP contribution is 2.26. The summed E-state index contributed by atoms with van der Waals surface area (Å²) in [6.45, 7) is 2.21. The summed E-state index contributed by atoms with van der Waals surface area (Å²) in [5.41, 5.74) is 3.02. The SMILES string of the molecule is CON=C(c1ccc(SC)cc1)C(C)(Cc1ccccc1)N(C)C. The van der Waals surface area contributed by atoms with Gasteiger partial charge in [0, 0.05) is 10.5 Å². The first-order valence-electron chi connectivity index (χ1n) is 7.98. The van der Waals surface area contributed by atoms with Crippen LogP contribution in [0.4, 0.5) is 0 Å². The first-order valence-corrected chi connectivity index (χ1v) is 9.21. The monoisotopic (exact) mass is 342 g/mol. The number of likely N-dealkylation sites (N-methyl/N-ethyl adjacent to an activating group) is 1. The molecular formula is C20H26N2OS. The van der Waals surface area contributed by atoms with E-state index in [-0.39, 0.29) is 5.54 Å². The van der Waals surface area contributed by atoms with E-state index in [1.807, 2.05) is 6.07 Å². The van der Waals surface area contributed by atoms with Crippen LogP contribution >= 0.6 is 11.8 Å². The van der Waals surface area contributed by atoms with Gasteiger partial charge in [0.05, 0.1) is 5.54 Å². The Morgan fingerprint density at radius 1 is 1.08 bits per heavy atom. The molecule has 128 valence electrons. The van der Waals surface area contributed by atoms with E-state index in [0.29, 0.717) is 0 Å². The molecule has 2 rings (SSSR count). The zero-order valence-electron chi connectivity index (χ0n) is 15.1. The molecule has 0 saturated carbocycles. The first kappa shape index (κ1) is 18.6. The molecule has 0 heterocycles. The van der Waals surface area contributed by atoms with Crippen molar-refractivity contribution in [2.45, 2.75) is 23.8 Å². The highest BCUT2D eigenvalue weighted by molar-refractivity contribution is 7.98. The Bertz CT molecular complexity index is 668. The molecule has 2 aromatic carbocycles. The highest BCUT2D eigenvalue weighted by atomic mass is 32.2. The smallest absolute Gasteiger partial charge is 0.107 e. The number of benzene rings is 2. The molecule has 0 aromatic heterocycles. The zero-order chi connectivity index (χ0) is 17.6. The van der Waals surface area contributed by atoms with E-state index < -0.39 is 0 Å². The van der Waals surface area contributed by atoms with Crippen molar-refractivity contribution in [2.75, 3.05) is 27.5 Å². The standard InChI is InChI=1S/C20H26N2OS/c1-20(22(2)3,15-16-9-7-6-8-10-16)19(21-23-4)17-11-13-18(24-5)14-12-17/h6-14H,15H2,1-5H3. The molecule has 0 aliphatic heterocycles. The minimum absolute atomic E-state index is 0.280. The maximum atomic E-state index is 5.21. The van der Waals surface area contributed by atoms with Gasteiger partial charge in [-0.3, -0.25) is 4.90 Å². The third kappa shape index (κ3) is 4.19. The second-order valence-electron chi connectivity index (χ2n) is 6.18. The quantitative estimate of drug-likeness (QED) is 0.425. The molecule has 0 radical (unpaired) electrons. The Morgan fingerprint density at radius 3 is 2.21 bits per heavy atom. The van der Waals surface area contributed by atoms with Crippen molar-refractivity contribution >= 4 is 17.5 Å². The zero-order valence-corrected chi connectivity index (χ0v) is 15.9. The van der Waals surface area contributed by atoms with Gasteiger partial charge >= 0.3 is 0 Å². The van der Waals surface area contributed by atoms with Gasteiger partial charge in [-0.05, 0) is 51.4 Å². The topological polar surface area (TPSA) is 24.8 Å². The van der Waals surface area contributed by atoms with Crippen LogP contribution < -0.4 is 0 Å². The molecular weight excluding hydrogens is 316 g/mol. The molecule has 2 aromatic rings. The minimum atomic E-state index is -0.280. The van der Waals surface area contributed by atoms with E-state index in [9.17, 15) is 0 Å². The Hall–Kier alpha value is -1.78. The second kappa shape index (κ2) is 8.36. The number of oxime groups is 1. The molecule has 3 nitrogen and oxygen atoms in total. The van der Waals surface area contributed by atoms with Crippen molar-refractivity contribution in [1.82, 2.24) is 4.90 Å². The van der Waals surface area contributed by atoms with Crippen molar-refractivity contribution in [2.24, 2.45) is 5.16 Å². The molecule has 0 bridgehead atoms. The predicted octanol–water partition coefficient (Wildman–Crippen LogP) is 4.32. The minimum Gasteiger partial charge on any atom is -0.399 e. The number of nitrogens with zero attached hydrogens (tertiary/aromatic N) is 2. The fourth-order valence-electron chi connectivity index (χ4n) is 2.75. The average molecular weight is 343 g/mol. The summed E-state index contributed by atoms with van der Waals surface area (Å²) in [4.78, 5) is 8.65. The lowest BCUT2D eigenvalue weighted by atomic mass is 9.83. The fraction of sp³-hybridized carbons (Fsp3) is 0.350. The molecule has 0 amide bonds. The second-order valence-corrected chi connectivity index (χ2v) is 7.06. The summed E-state index contributed by atoms with van der Waals surface area (Å²) < 4.78 is 0. The Labute approximate surface area is 149 Å². The largest absolute Gasteiger partial charge is 0.399 e. The van der Waals surface area contributed by atoms with Crippen LogP contribution in [0.1, 0.15) is 18.1 Å². The third-order valence-corrected chi connectivity index (χ3v) is 5.18. The van der Waals surface area contributed by atoms with Crippen LogP contribution in [0, 0.1) is 0 Å². The van der Waals surface area contributed by atoms with Crippen LogP contribution in [0.25, 0.3) is 0 Å². The Morgan fingerprint density at radius 2 is 1.71 bits per heavy atom. The van der Waals surface area contributed by atoms with Gasteiger partial charge in [-0.1, -0.05) is 47.6 Å². The van der Waals surface area contributed by atoms with Crippen LogP contribution in [-0.2, 0) is 11.3 Å². The van der Waals surface area contributed by atoms with Gasteiger partial charge in [0.25, 0.3) is 0 Å². The van der Waals surface area contributed by atoms with Gasteiger partial charge < -0.3 is 4.84 Å². The van der Waals surface area contributed by atoms with Gasteiger partial charge in [-0.15, -0.1) is 11.8 Å². The summed E-state index contributed by atoms with van der Waals surface area (Å²) in [6.07, 6.45) is 2.94. The van der Waals surface area contributed by atoms with Gasteiger partial charge in [-0.25, -0.2) is 0 Å². The number of hydrogen-bond donors (Lipinski definition) is 0. The van der Waals surface area contributed by atoms with Gasteiger partial charge in [-0.2, -0.15) is 0 Å². The highest BCUT2D eigenvalue weighted by Gasteiger charge is 2.35. The summed E-state index contributed by atoms with van der Waals surface area (Å²) in [7, 11) is 5.78. The lowest BCUT2D eigenvalue weighted by Crippen LogP contribution is -2.50. The van der Waals surface area contributed by atoms with E-state index in [0.717, 1.165) is 17.7 Å². The molecule has 0 spiro atoms. The van der Waals surface area contributed by atoms with Crippen molar-refractivity contribution in [3.05, 3.63) is 65.7 Å². The van der Waals surface area contributed by atoms with E-state index in [1.54, 1.807) is 18.9 Å². The first-order chi connectivity index (χ1) is 11.5. The Balaban J connectivity index is 2.45. The average Bonchev–Trinajstić information content (AvgIpc) is 2.60. The summed E-state index contributed by atoms with van der Waals surface area (Å²) in [5, 5.41) is 4.41. The lowest BCUT2D eigenvalue weighted by molar-refractivity contribution is 0.195. The van der Waals surface area contributed by atoms with Crippen molar-refractivity contribution in [3.8, 4) is 0 Å². The maximum absolute atomic E-state index is 5.21.